The fraction of sp³-hybridized carbons (Fsp3) is 0.118. The van der Waals surface area contributed by atoms with Gasteiger partial charge in [-0.1, -0.05) is 60.7 Å². The van der Waals surface area contributed by atoms with Crippen LogP contribution in [0, 0.1) is 6.92 Å². The van der Waals surface area contributed by atoms with Crippen LogP contribution in [0.4, 0.5) is 0 Å². The molecule has 0 saturated heterocycles. The predicted octanol–water partition coefficient (Wildman–Crippen LogP) is 8.81. The zero-order valence-corrected chi connectivity index (χ0v) is 21.5. The second-order valence-electron chi connectivity index (χ2n) is 9.30. The van der Waals surface area contributed by atoms with E-state index in [-0.39, 0.29) is 0 Å². The Labute approximate surface area is 216 Å². The number of hydrogen-bond donors (Lipinski definition) is 0. The third kappa shape index (κ3) is 3.75. The van der Waals surface area contributed by atoms with Crippen molar-refractivity contribution in [2.24, 2.45) is 0 Å². The Morgan fingerprint density at radius 2 is 1.08 bits per heavy atom. The second kappa shape index (κ2) is 9.18. The van der Waals surface area contributed by atoms with Gasteiger partial charge in [0.1, 0.15) is 5.75 Å². The first-order valence-electron chi connectivity index (χ1n) is 12.4. The van der Waals surface area contributed by atoms with Crippen LogP contribution >= 0.6 is 0 Å². The maximum atomic E-state index is 5.78. The molecule has 0 saturated carbocycles. The van der Waals surface area contributed by atoms with Gasteiger partial charge in [0.2, 0.25) is 0 Å². The molecule has 0 spiro atoms. The van der Waals surface area contributed by atoms with E-state index in [1.54, 1.807) is 21.3 Å². The van der Waals surface area contributed by atoms with Gasteiger partial charge in [0, 0.05) is 0 Å². The molecule has 0 heterocycles. The van der Waals surface area contributed by atoms with E-state index in [0.717, 1.165) is 44.0 Å². The van der Waals surface area contributed by atoms with Gasteiger partial charge < -0.3 is 14.2 Å². The van der Waals surface area contributed by atoms with Crippen LogP contribution in [0.3, 0.4) is 0 Å². The average Bonchev–Trinajstić information content (AvgIpc) is 2.95. The summed E-state index contributed by atoms with van der Waals surface area (Å²) in [5, 5.41) is 6.95. The minimum Gasteiger partial charge on any atom is -0.496 e. The van der Waals surface area contributed by atoms with Crippen molar-refractivity contribution in [3.8, 4) is 39.5 Å². The SMILES string of the molecule is COc1cc2cc3cc(-c4ccccc4)c4cc(OC)c(OC)cc4c3c(-c3ccccc3)c2cc1C. The van der Waals surface area contributed by atoms with E-state index >= 15 is 0 Å². The maximum absolute atomic E-state index is 5.78. The van der Waals surface area contributed by atoms with Crippen LogP contribution in [0.15, 0.2) is 97.1 Å². The first kappa shape index (κ1) is 22.9. The molecule has 182 valence electrons. The van der Waals surface area contributed by atoms with E-state index < -0.39 is 0 Å². The summed E-state index contributed by atoms with van der Waals surface area (Å²) in [6.07, 6.45) is 0. The molecule has 0 aromatic heterocycles. The van der Waals surface area contributed by atoms with E-state index in [1.807, 2.05) is 6.07 Å². The predicted molar refractivity (Wildman–Crippen MR) is 154 cm³/mol. The van der Waals surface area contributed by atoms with Crippen molar-refractivity contribution in [2.45, 2.75) is 6.92 Å². The molecule has 6 aromatic carbocycles. The molecular formula is C34H28O3. The molecule has 6 aromatic rings. The van der Waals surface area contributed by atoms with Crippen LogP contribution in [-0.2, 0) is 0 Å². The van der Waals surface area contributed by atoms with Crippen molar-refractivity contribution in [3.05, 3.63) is 103 Å². The van der Waals surface area contributed by atoms with Crippen molar-refractivity contribution in [3.63, 3.8) is 0 Å². The number of ether oxygens (including phenoxy) is 3. The van der Waals surface area contributed by atoms with Crippen molar-refractivity contribution >= 4 is 32.3 Å². The molecule has 0 amide bonds. The molecule has 0 fully saturated rings. The summed E-state index contributed by atoms with van der Waals surface area (Å²) in [6, 6.07) is 34.3. The smallest absolute Gasteiger partial charge is 0.161 e. The first-order valence-corrected chi connectivity index (χ1v) is 12.4. The van der Waals surface area contributed by atoms with Crippen LogP contribution in [0.1, 0.15) is 5.56 Å². The Balaban J connectivity index is 1.88. The highest BCUT2D eigenvalue weighted by atomic mass is 16.5. The minimum absolute atomic E-state index is 0.714. The van der Waals surface area contributed by atoms with Gasteiger partial charge in [0.15, 0.2) is 11.5 Å². The molecule has 37 heavy (non-hydrogen) atoms. The molecule has 3 nitrogen and oxygen atoms in total. The number of methoxy groups -OCH3 is 3. The molecule has 0 radical (unpaired) electrons. The Hall–Kier alpha value is -4.50. The van der Waals surface area contributed by atoms with Crippen LogP contribution < -0.4 is 14.2 Å². The summed E-state index contributed by atoms with van der Waals surface area (Å²) < 4.78 is 17.2. The number of aryl methyl sites for hydroxylation is 1. The van der Waals surface area contributed by atoms with Gasteiger partial charge in [-0.15, -0.1) is 0 Å². The van der Waals surface area contributed by atoms with E-state index in [4.69, 9.17) is 14.2 Å². The molecule has 0 atom stereocenters. The summed E-state index contributed by atoms with van der Waals surface area (Å²) in [5.41, 5.74) is 5.80. The first-order chi connectivity index (χ1) is 18.1. The van der Waals surface area contributed by atoms with Gasteiger partial charge in [-0.05, 0) is 103 Å². The quantitative estimate of drug-likeness (QED) is 0.181. The van der Waals surface area contributed by atoms with E-state index in [1.165, 1.54) is 21.9 Å². The van der Waals surface area contributed by atoms with Crippen molar-refractivity contribution in [2.75, 3.05) is 21.3 Å². The summed E-state index contributed by atoms with van der Waals surface area (Å²) in [7, 11) is 5.11. The van der Waals surface area contributed by atoms with Crippen LogP contribution in [-0.4, -0.2) is 21.3 Å². The lowest BCUT2D eigenvalue weighted by molar-refractivity contribution is 0.356. The zero-order valence-electron chi connectivity index (χ0n) is 21.5. The highest BCUT2D eigenvalue weighted by molar-refractivity contribution is 6.25. The van der Waals surface area contributed by atoms with Gasteiger partial charge >= 0.3 is 0 Å². The van der Waals surface area contributed by atoms with Crippen LogP contribution in [0.5, 0.6) is 17.2 Å². The number of benzene rings is 6. The molecule has 0 aliphatic heterocycles. The maximum Gasteiger partial charge on any atom is 0.161 e. The average molecular weight is 485 g/mol. The second-order valence-corrected chi connectivity index (χ2v) is 9.30. The normalized spacial score (nSPS) is 11.2. The van der Waals surface area contributed by atoms with Crippen molar-refractivity contribution in [1.29, 1.82) is 0 Å². The number of hydrogen-bond acceptors (Lipinski definition) is 3. The van der Waals surface area contributed by atoms with E-state index in [9.17, 15) is 0 Å². The lowest BCUT2D eigenvalue weighted by Gasteiger charge is -2.19. The largest absolute Gasteiger partial charge is 0.496 e. The topological polar surface area (TPSA) is 27.7 Å². The van der Waals surface area contributed by atoms with Gasteiger partial charge in [-0.3, -0.25) is 0 Å². The monoisotopic (exact) mass is 484 g/mol. The number of fused-ring (bicyclic) bond motifs is 4. The molecule has 0 N–H and O–H groups in total. The summed E-state index contributed by atoms with van der Waals surface area (Å²) in [5.74, 6) is 2.32. The lowest BCUT2D eigenvalue weighted by atomic mass is 9.85. The number of rotatable bonds is 5. The molecule has 0 aliphatic carbocycles. The molecule has 6 rings (SSSR count). The summed E-state index contributed by atoms with van der Waals surface area (Å²) in [4.78, 5) is 0. The van der Waals surface area contributed by atoms with Crippen molar-refractivity contribution < 1.29 is 14.2 Å². The third-order valence-electron chi connectivity index (χ3n) is 7.22. The Bertz CT molecular complexity index is 1770. The van der Waals surface area contributed by atoms with Gasteiger partial charge in [-0.2, -0.15) is 0 Å². The van der Waals surface area contributed by atoms with Gasteiger partial charge in [-0.25, -0.2) is 0 Å². The highest BCUT2D eigenvalue weighted by Gasteiger charge is 2.19. The Kier molecular flexibility index (Phi) is 5.69. The van der Waals surface area contributed by atoms with Gasteiger partial charge in [0.25, 0.3) is 0 Å². The minimum atomic E-state index is 0.714. The van der Waals surface area contributed by atoms with Crippen LogP contribution in [0.25, 0.3) is 54.6 Å². The fourth-order valence-corrected chi connectivity index (χ4v) is 5.49. The molecule has 0 unspecified atom stereocenters. The Morgan fingerprint density at radius 1 is 0.486 bits per heavy atom. The van der Waals surface area contributed by atoms with Crippen molar-refractivity contribution in [1.82, 2.24) is 0 Å². The molecule has 0 aliphatic rings. The molecule has 3 heteroatoms. The lowest BCUT2D eigenvalue weighted by Crippen LogP contribution is -1.95. The van der Waals surface area contributed by atoms with E-state index in [2.05, 4.69) is 97.9 Å². The highest BCUT2D eigenvalue weighted by Crippen LogP contribution is 2.47. The third-order valence-corrected chi connectivity index (χ3v) is 7.22. The Morgan fingerprint density at radius 3 is 1.70 bits per heavy atom. The van der Waals surface area contributed by atoms with Crippen LogP contribution in [0.2, 0.25) is 0 Å². The summed E-state index contributed by atoms with van der Waals surface area (Å²) >= 11 is 0. The molecular weight excluding hydrogens is 456 g/mol. The summed E-state index contributed by atoms with van der Waals surface area (Å²) in [6.45, 7) is 2.10. The standard InChI is InChI=1S/C34H28O3/c1-21-15-27-24(18-30(21)35-2)16-25-17-26(22-11-7-5-8-12-22)28-19-31(36-3)32(37-4)20-29(28)34(25)33(27)23-13-9-6-10-14-23/h5-20H,1-4H3. The fourth-order valence-electron chi connectivity index (χ4n) is 5.49. The van der Waals surface area contributed by atoms with E-state index in [0.29, 0.717) is 11.5 Å². The zero-order chi connectivity index (χ0) is 25.5. The molecule has 0 bridgehead atoms. The van der Waals surface area contributed by atoms with Gasteiger partial charge in [0.05, 0.1) is 21.3 Å².